The quantitative estimate of drug-likeness (QED) is 0.857. The topological polar surface area (TPSA) is 55.8 Å². The van der Waals surface area contributed by atoms with Gasteiger partial charge in [-0.2, -0.15) is 4.31 Å². The Morgan fingerprint density at radius 1 is 1.14 bits per heavy atom. The van der Waals surface area contributed by atoms with Crippen molar-refractivity contribution in [1.82, 2.24) is 4.31 Å². The van der Waals surface area contributed by atoms with Crippen LogP contribution in [0.25, 0.3) is 0 Å². The molecule has 0 radical (unpaired) electrons. The fourth-order valence-corrected chi connectivity index (χ4v) is 4.61. The van der Waals surface area contributed by atoms with Gasteiger partial charge < -0.3 is 9.47 Å². The summed E-state index contributed by atoms with van der Waals surface area (Å²) in [6, 6.07) is 3.34. The molecule has 0 spiro atoms. The first-order valence-corrected chi connectivity index (χ1v) is 8.51. The average Bonchev–Trinajstić information content (AvgIpc) is 2.40. The van der Waals surface area contributed by atoms with E-state index in [1.54, 1.807) is 19.2 Å². The Bertz CT molecular complexity index is 617. The highest BCUT2D eigenvalue weighted by molar-refractivity contribution is 7.89. The van der Waals surface area contributed by atoms with E-state index in [9.17, 15) is 8.42 Å². The Morgan fingerprint density at radius 3 is 2.24 bits per heavy atom. The Kier molecular flexibility index (Phi) is 4.60. The average molecular weight is 313 g/mol. The lowest BCUT2D eigenvalue weighted by Crippen LogP contribution is -2.48. The van der Waals surface area contributed by atoms with Gasteiger partial charge in [-0.3, -0.25) is 0 Å². The van der Waals surface area contributed by atoms with Crippen LogP contribution in [-0.4, -0.2) is 45.1 Å². The SMILES string of the molecule is COc1ccc(S(=O)(=O)N2C[C@@H](C)O[C@H](C)C2)c(C)c1C. The van der Waals surface area contributed by atoms with E-state index in [2.05, 4.69) is 0 Å². The second-order valence-corrected chi connectivity index (χ2v) is 7.50. The molecule has 2 rings (SSSR count). The highest BCUT2D eigenvalue weighted by Gasteiger charge is 2.33. The Labute approximate surface area is 126 Å². The van der Waals surface area contributed by atoms with Crippen molar-refractivity contribution in [2.24, 2.45) is 0 Å². The van der Waals surface area contributed by atoms with Crippen molar-refractivity contribution >= 4 is 10.0 Å². The van der Waals surface area contributed by atoms with Crippen LogP contribution < -0.4 is 4.74 Å². The van der Waals surface area contributed by atoms with Gasteiger partial charge in [0.1, 0.15) is 5.75 Å². The van der Waals surface area contributed by atoms with Crippen LogP contribution in [0.2, 0.25) is 0 Å². The van der Waals surface area contributed by atoms with Gasteiger partial charge in [-0.1, -0.05) is 0 Å². The molecule has 0 aliphatic carbocycles. The molecule has 1 saturated heterocycles. The van der Waals surface area contributed by atoms with Crippen LogP contribution in [0.3, 0.4) is 0 Å². The normalized spacial score (nSPS) is 24.0. The second-order valence-electron chi connectivity index (χ2n) is 5.60. The highest BCUT2D eigenvalue weighted by Crippen LogP contribution is 2.30. The number of rotatable bonds is 3. The largest absolute Gasteiger partial charge is 0.496 e. The van der Waals surface area contributed by atoms with E-state index in [1.807, 2.05) is 27.7 Å². The summed E-state index contributed by atoms with van der Waals surface area (Å²) in [6.45, 7) is 8.25. The monoisotopic (exact) mass is 313 g/mol. The van der Waals surface area contributed by atoms with Crippen LogP contribution in [-0.2, 0) is 14.8 Å². The minimum absolute atomic E-state index is 0.0943. The van der Waals surface area contributed by atoms with Crippen LogP contribution in [0.5, 0.6) is 5.75 Å². The molecular formula is C15H23NO4S. The van der Waals surface area contributed by atoms with E-state index >= 15 is 0 Å². The first-order chi connectivity index (χ1) is 9.77. The molecule has 0 bridgehead atoms. The van der Waals surface area contributed by atoms with Crippen molar-refractivity contribution in [2.45, 2.75) is 44.8 Å². The van der Waals surface area contributed by atoms with E-state index < -0.39 is 10.0 Å². The van der Waals surface area contributed by atoms with Gasteiger partial charge in [-0.15, -0.1) is 0 Å². The molecule has 1 aromatic rings. The Morgan fingerprint density at radius 2 is 1.71 bits per heavy atom. The summed E-state index contributed by atoms with van der Waals surface area (Å²) in [5.41, 5.74) is 1.59. The lowest BCUT2D eigenvalue weighted by Gasteiger charge is -2.34. The van der Waals surface area contributed by atoms with Gasteiger partial charge in [0, 0.05) is 13.1 Å². The lowest BCUT2D eigenvalue weighted by molar-refractivity contribution is -0.0440. The summed E-state index contributed by atoms with van der Waals surface area (Å²) in [6.07, 6.45) is -0.189. The fraction of sp³-hybridized carbons (Fsp3) is 0.600. The number of hydrogen-bond acceptors (Lipinski definition) is 4. The predicted molar refractivity (Wildman–Crippen MR) is 81.2 cm³/mol. The van der Waals surface area contributed by atoms with Gasteiger partial charge in [0.25, 0.3) is 0 Å². The lowest BCUT2D eigenvalue weighted by atomic mass is 10.1. The molecule has 1 aliphatic heterocycles. The van der Waals surface area contributed by atoms with Crippen molar-refractivity contribution in [3.8, 4) is 5.75 Å². The first-order valence-electron chi connectivity index (χ1n) is 7.07. The molecule has 118 valence electrons. The van der Waals surface area contributed by atoms with Crippen LogP contribution in [0.1, 0.15) is 25.0 Å². The van der Waals surface area contributed by atoms with Gasteiger partial charge in [-0.05, 0) is 51.0 Å². The summed E-state index contributed by atoms with van der Waals surface area (Å²) < 4.78 is 38.1. The standard InChI is InChI=1S/C15H23NO4S/c1-10-8-16(9-11(2)20-10)21(17,18)15-7-6-14(19-5)12(3)13(15)4/h6-7,10-11H,8-9H2,1-5H3/t10-,11-/m1/s1. The number of morpholine rings is 1. The number of nitrogens with zero attached hydrogens (tertiary/aromatic N) is 1. The summed E-state index contributed by atoms with van der Waals surface area (Å²) >= 11 is 0. The molecule has 0 N–H and O–H groups in total. The molecule has 21 heavy (non-hydrogen) atoms. The number of sulfonamides is 1. The molecule has 1 heterocycles. The third kappa shape index (κ3) is 3.07. The van der Waals surface area contributed by atoms with Crippen molar-refractivity contribution in [3.05, 3.63) is 23.3 Å². The molecule has 2 atom stereocenters. The van der Waals surface area contributed by atoms with Crippen molar-refractivity contribution < 1.29 is 17.9 Å². The van der Waals surface area contributed by atoms with Crippen molar-refractivity contribution in [3.63, 3.8) is 0 Å². The van der Waals surface area contributed by atoms with Crippen molar-refractivity contribution in [2.75, 3.05) is 20.2 Å². The maximum absolute atomic E-state index is 12.9. The van der Waals surface area contributed by atoms with Gasteiger partial charge in [0.05, 0.1) is 24.2 Å². The van der Waals surface area contributed by atoms with Gasteiger partial charge >= 0.3 is 0 Å². The van der Waals surface area contributed by atoms with Gasteiger partial charge in [0.15, 0.2) is 0 Å². The van der Waals surface area contributed by atoms with E-state index in [0.717, 1.165) is 11.1 Å². The summed E-state index contributed by atoms with van der Waals surface area (Å²) in [4.78, 5) is 0.349. The molecule has 6 heteroatoms. The first kappa shape index (κ1) is 16.3. The number of methoxy groups -OCH3 is 1. The van der Waals surface area contributed by atoms with Gasteiger partial charge in [0.2, 0.25) is 10.0 Å². The number of benzene rings is 1. The molecule has 0 unspecified atom stereocenters. The predicted octanol–water partition coefficient (Wildman–Crippen LogP) is 2.11. The van der Waals surface area contributed by atoms with Gasteiger partial charge in [-0.25, -0.2) is 8.42 Å². The zero-order chi connectivity index (χ0) is 15.8. The zero-order valence-electron chi connectivity index (χ0n) is 13.2. The van der Waals surface area contributed by atoms with Crippen LogP contribution >= 0.6 is 0 Å². The maximum Gasteiger partial charge on any atom is 0.243 e. The van der Waals surface area contributed by atoms with Crippen LogP contribution in [0, 0.1) is 13.8 Å². The van der Waals surface area contributed by atoms with E-state index in [1.165, 1.54) is 4.31 Å². The number of hydrogen-bond donors (Lipinski definition) is 0. The molecular weight excluding hydrogens is 290 g/mol. The third-order valence-electron chi connectivity index (χ3n) is 3.91. The van der Waals surface area contributed by atoms with E-state index in [0.29, 0.717) is 23.7 Å². The molecule has 0 saturated carbocycles. The summed E-state index contributed by atoms with van der Waals surface area (Å²) in [5, 5.41) is 0. The minimum Gasteiger partial charge on any atom is -0.496 e. The molecule has 5 nitrogen and oxygen atoms in total. The molecule has 1 aliphatic rings. The highest BCUT2D eigenvalue weighted by atomic mass is 32.2. The molecule has 1 fully saturated rings. The van der Waals surface area contributed by atoms with Crippen LogP contribution in [0.15, 0.2) is 17.0 Å². The Hall–Kier alpha value is -1.11. The molecule has 1 aromatic carbocycles. The van der Waals surface area contributed by atoms with Crippen molar-refractivity contribution in [1.29, 1.82) is 0 Å². The van der Waals surface area contributed by atoms with Crippen LogP contribution in [0.4, 0.5) is 0 Å². The van der Waals surface area contributed by atoms with E-state index in [-0.39, 0.29) is 12.2 Å². The number of ether oxygens (including phenoxy) is 2. The summed E-state index contributed by atoms with van der Waals surface area (Å²) in [7, 11) is -1.92. The fourth-order valence-electron chi connectivity index (χ4n) is 2.74. The maximum atomic E-state index is 12.9. The Balaban J connectivity index is 2.42. The zero-order valence-corrected chi connectivity index (χ0v) is 14.0. The van der Waals surface area contributed by atoms with E-state index in [4.69, 9.17) is 9.47 Å². The summed E-state index contributed by atoms with van der Waals surface area (Å²) in [5.74, 6) is 0.704. The molecule has 0 amide bonds. The smallest absolute Gasteiger partial charge is 0.243 e. The minimum atomic E-state index is -3.51. The molecule has 0 aromatic heterocycles. The third-order valence-corrected chi connectivity index (χ3v) is 5.89. The second kappa shape index (κ2) is 5.94.